The van der Waals surface area contributed by atoms with Crippen LogP contribution in [0.1, 0.15) is 5.56 Å². The minimum Gasteiger partial charge on any atom is -0.454 e. The van der Waals surface area contributed by atoms with Gasteiger partial charge in [0.05, 0.1) is 5.56 Å². The number of para-hydroxylation sites is 3. The van der Waals surface area contributed by atoms with Gasteiger partial charge in [0.25, 0.3) is 0 Å². The number of rotatable bonds is 1. The van der Waals surface area contributed by atoms with Crippen molar-refractivity contribution < 1.29 is 9.53 Å². The van der Waals surface area contributed by atoms with E-state index in [1.807, 2.05) is 65.6 Å². The third-order valence-electron chi connectivity index (χ3n) is 5.38. The Labute approximate surface area is 185 Å². The van der Waals surface area contributed by atoms with Crippen LogP contribution in [0.2, 0.25) is 5.02 Å². The maximum absolute atomic E-state index is 12.7. The van der Waals surface area contributed by atoms with E-state index < -0.39 is 0 Å². The summed E-state index contributed by atoms with van der Waals surface area (Å²) in [6.45, 7) is 2.54. The zero-order chi connectivity index (χ0) is 21.2. The molecular weight excluding hydrogens is 412 g/mol. The molecule has 156 valence electrons. The van der Waals surface area contributed by atoms with Crippen LogP contribution in [0.3, 0.4) is 0 Å². The molecule has 2 amide bonds. The average molecular weight is 433 g/mol. The van der Waals surface area contributed by atoms with Crippen LogP contribution in [0, 0.1) is 0 Å². The Hall–Kier alpha value is -3.51. The maximum atomic E-state index is 12.7. The highest BCUT2D eigenvalue weighted by Crippen LogP contribution is 2.37. The molecule has 0 spiro atoms. The van der Waals surface area contributed by atoms with Gasteiger partial charge in [0, 0.05) is 36.9 Å². The van der Waals surface area contributed by atoms with Crippen molar-refractivity contribution >= 4 is 34.8 Å². The number of carbonyl (C=O) groups excluding carboxylic acids is 1. The van der Waals surface area contributed by atoms with Crippen LogP contribution in [0.5, 0.6) is 11.5 Å². The maximum Gasteiger partial charge on any atom is 0.321 e. The second-order valence-corrected chi connectivity index (χ2v) is 7.85. The van der Waals surface area contributed by atoms with Crippen molar-refractivity contribution in [1.82, 2.24) is 9.80 Å². The molecule has 7 heteroatoms. The second kappa shape index (κ2) is 8.32. The van der Waals surface area contributed by atoms with E-state index in [4.69, 9.17) is 21.3 Å². The number of amides is 2. The molecule has 6 nitrogen and oxygen atoms in total. The molecule has 1 saturated heterocycles. The van der Waals surface area contributed by atoms with Crippen LogP contribution >= 0.6 is 11.6 Å². The van der Waals surface area contributed by atoms with Crippen molar-refractivity contribution in [3.63, 3.8) is 0 Å². The van der Waals surface area contributed by atoms with Gasteiger partial charge in [0.2, 0.25) is 0 Å². The number of nitrogens with one attached hydrogen (secondary N) is 1. The number of fused-ring (bicyclic) bond motifs is 2. The van der Waals surface area contributed by atoms with Crippen LogP contribution in [0.25, 0.3) is 0 Å². The number of halogens is 1. The van der Waals surface area contributed by atoms with E-state index in [-0.39, 0.29) is 6.03 Å². The molecule has 0 bridgehead atoms. The number of anilines is 1. The summed E-state index contributed by atoms with van der Waals surface area (Å²) in [5, 5.41) is 3.51. The highest BCUT2D eigenvalue weighted by Gasteiger charge is 2.27. The number of hydrogen-bond acceptors (Lipinski definition) is 4. The molecule has 0 atom stereocenters. The van der Waals surface area contributed by atoms with Crippen molar-refractivity contribution in [2.24, 2.45) is 4.99 Å². The normalized spacial score (nSPS) is 15.2. The van der Waals surface area contributed by atoms with Gasteiger partial charge in [0.1, 0.15) is 17.3 Å². The minimum absolute atomic E-state index is 0.126. The number of nitrogens with zero attached hydrogens (tertiary/aromatic N) is 3. The lowest BCUT2D eigenvalue weighted by Gasteiger charge is -2.36. The molecular formula is C24H21ClN4O2. The number of carbonyl (C=O) groups is 1. The molecule has 2 aliphatic heterocycles. The van der Waals surface area contributed by atoms with Gasteiger partial charge in [-0.15, -0.1) is 0 Å². The molecule has 0 aliphatic carbocycles. The highest BCUT2D eigenvalue weighted by molar-refractivity contribution is 6.30. The van der Waals surface area contributed by atoms with Gasteiger partial charge >= 0.3 is 6.03 Å². The first kappa shape index (κ1) is 19.5. The Morgan fingerprint density at radius 2 is 1.65 bits per heavy atom. The van der Waals surface area contributed by atoms with Gasteiger partial charge in [-0.1, -0.05) is 41.9 Å². The Bertz CT molecular complexity index is 1160. The summed E-state index contributed by atoms with van der Waals surface area (Å²) in [5.41, 5.74) is 2.45. The monoisotopic (exact) mass is 432 g/mol. The van der Waals surface area contributed by atoms with Crippen molar-refractivity contribution in [2.75, 3.05) is 31.5 Å². The van der Waals surface area contributed by atoms with E-state index in [1.54, 1.807) is 12.1 Å². The van der Waals surface area contributed by atoms with E-state index in [1.165, 1.54) is 0 Å². The van der Waals surface area contributed by atoms with Gasteiger partial charge in [-0.25, -0.2) is 9.79 Å². The summed E-state index contributed by atoms with van der Waals surface area (Å²) in [5.74, 6) is 2.40. The number of hydrogen-bond donors (Lipinski definition) is 1. The van der Waals surface area contributed by atoms with Crippen LogP contribution in [-0.2, 0) is 0 Å². The molecule has 5 rings (SSSR count). The van der Waals surface area contributed by atoms with Crippen molar-refractivity contribution in [2.45, 2.75) is 0 Å². The lowest BCUT2D eigenvalue weighted by Crippen LogP contribution is -2.51. The Balaban J connectivity index is 1.34. The van der Waals surface area contributed by atoms with Crippen molar-refractivity contribution in [3.8, 4) is 11.5 Å². The second-order valence-electron chi connectivity index (χ2n) is 7.42. The summed E-state index contributed by atoms with van der Waals surface area (Å²) >= 11 is 6.01. The van der Waals surface area contributed by atoms with E-state index >= 15 is 0 Å². The zero-order valence-electron chi connectivity index (χ0n) is 16.8. The number of aliphatic imine (C=N–C) groups is 1. The summed E-state index contributed by atoms with van der Waals surface area (Å²) in [4.78, 5) is 21.6. The topological polar surface area (TPSA) is 57.2 Å². The van der Waals surface area contributed by atoms with Crippen molar-refractivity contribution in [1.29, 1.82) is 0 Å². The third kappa shape index (κ3) is 4.07. The lowest BCUT2D eigenvalue weighted by molar-refractivity contribution is 0.181. The molecule has 0 saturated carbocycles. The van der Waals surface area contributed by atoms with Crippen molar-refractivity contribution in [3.05, 3.63) is 83.4 Å². The smallest absolute Gasteiger partial charge is 0.321 e. The Kier molecular flexibility index (Phi) is 5.22. The first-order chi connectivity index (χ1) is 15.2. The van der Waals surface area contributed by atoms with E-state index in [2.05, 4.69) is 10.2 Å². The average Bonchev–Trinajstić information content (AvgIpc) is 2.96. The SMILES string of the molecule is O=C(Nc1cccc(Cl)c1)N1CCN(C2=Nc3ccccc3Oc3ccccc32)CC1. The van der Waals surface area contributed by atoms with Crippen LogP contribution in [0.15, 0.2) is 77.8 Å². The molecule has 3 aromatic carbocycles. The minimum atomic E-state index is -0.126. The molecule has 2 heterocycles. The quantitative estimate of drug-likeness (QED) is 0.562. The predicted molar refractivity (Wildman–Crippen MR) is 123 cm³/mol. The third-order valence-corrected chi connectivity index (χ3v) is 5.62. The fourth-order valence-corrected chi connectivity index (χ4v) is 3.99. The van der Waals surface area contributed by atoms with Crippen LogP contribution in [0.4, 0.5) is 16.2 Å². The van der Waals surface area contributed by atoms with Gasteiger partial charge in [-0.3, -0.25) is 0 Å². The predicted octanol–water partition coefficient (Wildman–Crippen LogP) is 5.37. The van der Waals surface area contributed by atoms with Crippen LogP contribution in [-0.4, -0.2) is 47.8 Å². The fourth-order valence-electron chi connectivity index (χ4n) is 3.80. The number of benzene rings is 3. The summed E-state index contributed by atoms with van der Waals surface area (Å²) in [7, 11) is 0. The standard InChI is InChI=1S/C24H21ClN4O2/c25-17-6-5-7-18(16-17)26-24(30)29-14-12-28(13-15-29)23-19-8-1-3-10-21(19)31-22-11-4-2-9-20(22)27-23/h1-11,16H,12-15H2,(H,26,30). The fraction of sp³-hybridized carbons (Fsp3) is 0.167. The van der Waals surface area contributed by atoms with Gasteiger partial charge in [-0.2, -0.15) is 0 Å². The zero-order valence-corrected chi connectivity index (χ0v) is 17.5. The summed E-state index contributed by atoms with van der Waals surface area (Å²) < 4.78 is 6.13. The van der Waals surface area contributed by atoms with Gasteiger partial charge in [-0.05, 0) is 42.5 Å². The lowest BCUT2D eigenvalue weighted by atomic mass is 10.1. The molecule has 3 aromatic rings. The first-order valence-electron chi connectivity index (χ1n) is 10.2. The van der Waals surface area contributed by atoms with E-state index in [0.717, 1.165) is 28.6 Å². The summed E-state index contributed by atoms with van der Waals surface area (Å²) in [6.07, 6.45) is 0. The van der Waals surface area contributed by atoms with E-state index in [0.29, 0.717) is 36.9 Å². The Morgan fingerprint density at radius 1 is 0.903 bits per heavy atom. The molecule has 0 radical (unpaired) electrons. The molecule has 0 aromatic heterocycles. The van der Waals surface area contributed by atoms with Gasteiger partial charge < -0.3 is 19.9 Å². The van der Waals surface area contributed by atoms with Gasteiger partial charge in [0.15, 0.2) is 5.75 Å². The summed E-state index contributed by atoms with van der Waals surface area (Å²) in [6, 6.07) is 22.8. The van der Waals surface area contributed by atoms with E-state index in [9.17, 15) is 4.79 Å². The number of urea groups is 1. The highest BCUT2D eigenvalue weighted by atomic mass is 35.5. The number of amidine groups is 1. The number of piperazine rings is 1. The number of ether oxygens (including phenoxy) is 1. The van der Waals surface area contributed by atoms with Crippen LogP contribution < -0.4 is 10.1 Å². The first-order valence-corrected chi connectivity index (χ1v) is 10.6. The molecule has 0 unspecified atom stereocenters. The Morgan fingerprint density at radius 3 is 2.45 bits per heavy atom. The molecule has 1 fully saturated rings. The molecule has 1 N–H and O–H groups in total. The molecule has 31 heavy (non-hydrogen) atoms. The largest absolute Gasteiger partial charge is 0.454 e. The molecule has 2 aliphatic rings.